The number of ether oxygens (including phenoxy) is 1. The zero-order valence-corrected chi connectivity index (χ0v) is 13.3. The Hall–Kier alpha value is -2.51. The van der Waals surface area contributed by atoms with Crippen LogP contribution in [-0.4, -0.2) is 22.5 Å². The number of carbonyl (C=O) groups is 1. The van der Waals surface area contributed by atoms with Crippen molar-refractivity contribution in [1.82, 2.24) is 9.97 Å². The molecule has 0 aliphatic rings. The van der Waals surface area contributed by atoms with Gasteiger partial charge >= 0.3 is 12.1 Å². The van der Waals surface area contributed by atoms with Gasteiger partial charge in [0.15, 0.2) is 5.69 Å². The molecule has 24 heavy (non-hydrogen) atoms. The molecular formula is C16H16F4N2O2. The smallest absolute Gasteiger partial charge is 0.434 e. The summed E-state index contributed by atoms with van der Waals surface area (Å²) in [5.74, 6) is -1.47. The minimum absolute atomic E-state index is 0.0121. The molecule has 0 unspecified atom stereocenters. The summed E-state index contributed by atoms with van der Waals surface area (Å²) in [4.78, 5) is 18.4. The molecule has 0 aliphatic heterocycles. The summed E-state index contributed by atoms with van der Waals surface area (Å²) in [6.45, 7) is 5.71. The van der Waals surface area contributed by atoms with Gasteiger partial charge in [0, 0.05) is 5.56 Å². The maximum atomic E-state index is 13.5. The average Bonchev–Trinajstić information content (AvgIpc) is 2.56. The van der Waals surface area contributed by atoms with Crippen LogP contribution in [0.3, 0.4) is 0 Å². The lowest BCUT2D eigenvalue weighted by molar-refractivity contribution is -0.141. The normalized spacial score (nSPS) is 10.6. The first-order chi connectivity index (χ1) is 11.3. The van der Waals surface area contributed by atoms with Gasteiger partial charge in [0.25, 0.3) is 0 Å². The van der Waals surface area contributed by atoms with Crippen molar-refractivity contribution in [2.45, 2.75) is 26.9 Å². The van der Waals surface area contributed by atoms with Gasteiger partial charge in [-0.3, -0.25) is 4.98 Å². The van der Waals surface area contributed by atoms with Gasteiger partial charge in [-0.25, -0.2) is 14.2 Å². The zero-order valence-electron chi connectivity index (χ0n) is 13.3. The van der Waals surface area contributed by atoms with E-state index >= 15 is 0 Å². The number of hydrogen-bond acceptors (Lipinski definition) is 4. The number of halogens is 4. The number of nitrogens with zero attached hydrogens (tertiary/aromatic N) is 2. The van der Waals surface area contributed by atoms with Crippen molar-refractivity contribution >= 4 is 5.97 Å². The number of alkyl halides is 3. The van der Waals surface area contributed by atoms with Crippen molar-refractivity contribution in [3.8, 4) is 11.3 Å². The van der Waals surface area contributed by atoms with E-state index < -0.39 is 23.7 Å². The molecule has 1 aromatic heterocycles. The van der Waals surface area contributed by atoms with Crippen LogP contribution in [0.4, 0.5) is 17.6 Å². The molecule has 1 heterocycles. The molecule has 0 saturated carbocycles. The molecule has 1 aromatic carbocycles. The molecule has 4 nitrogen and oxygen atoms in total. The van der Waals surface area contributed by atoms with E-state index in [1.54, 1.807) is 6.92 Å². The number of esters is 1. The van der Waals surface area contributed by atoms with Crippen molar-refractivity contribution in [2.24, 2.45) is 0 Å². The summed E-state index contributed by atoms with van der Waals surface area (Å²) in [6, 6.07) is 3.29. The van der Waals surface area contributed by atoms with E-state index in [4.69, 9.17) is 4.74 Å². The summed E-state index contributed by atoms with van der Waals surface area (Å²) in [6.07, 6.45) is -3.19. The summed E-state index contributed by atoms with van der Waals surface area (Å²) in [5, 5.41) is 0. The molecule has 0 radical (unpaired) electrons. The van der Waals surface area contributed by atoms with Gasteiger partial charge in [0.1, 0.15) is 5.82 Å². The van der Waals surface area contributed by atoms with E-state index in [1.165, 1.54) is 6.07 Å². The summed E-state index contributed by atoms with van der Waals surface area (Å²) < 4.78 is 55.5. The van der Waals surface area contributed by atoms with Crippen molar-refractivity contribution in [3.63, 3.8) is 0 Å². The van der Waals surface area contributed by atoms with Crippen molar-refractivity contribution in [2.75, 3.05) is 6.61 Å². The highest BCUT2D eigenvalue weighted by molar-refractivity contribution is 5.90. The third-order valence-corrected chi connectivity index (χ3v) is 2.65. The standard InChI is InChI=1S/C14H10F4N2O2.C2H6/c1-2-22-13(21)9-3-8(4-10(15)5-9)11-6-20-12(7-19-11)14(16,17)18;1-2/h3-7H,2H2,1H3;1-2H3. The monoisotopic (exact) mass is 344 g/mol. The first-order valence-electron chi connectivity index (χ1n) is 7.18. The molecule has 2 aromatic rings. The van der Waals surface area contributed by atoms with Gasteiger partial charge in [-0.15, -0.1) is 0 Å². The third-order valence-electron chi connectivity index (χ3n) is 2.65. The highest BCUT2D eigenvalue weighted by Gasteiger charge is 2.32. The first-order valence-corrected chi connectivity index (χ1v) is 7.18. The Balaban J connectivity index is 0.00000139. The molecule has 0 aliphatic carbocycles. The fourth-order valence-electron chi connectivity index (χ4n) is 1.69. The molecule has 130 valence electrons. The molecule has 0 spiro atoms. The SMILES string of the molecule is CC.CCOC(=O)c1cc(F)cc(-c2cnc(C(F)(F)F)cn2)c1. The second-order valence-electron chi connectivity index (χ2n) is 4.23. The average molecular weight is 344 g/mol. The first kappa shape index (κ1) is 19.5. The fourth-order valence-corrected chi connectivity index (χ4v) is 1.69. The minimum atomic E-state index is -4.61. The van der Waals surface area contributed by atoms with Crippen molar-refractivity contribution in [3.05, 3.63) is 47.7 Å². The highest BCUT2D eigenvalue weighted by atomic mass is 19.4. The van der Waals surface area contributed by atoms with E-state index in [1.807, 2.05) is 13.8 Å². The molecule has 0 bridgehead atoms. The van der Waals surface area contributed by atoms with Crippen LogP contribution in [0.25, 0.3) is 11.3 Å². The molecule has 8 heteroatoms. The Labute approximate surface area is 136 Å². The Morgan fingerprint density at radius 3 is 2.29 bits per heavy atom. The Kier molecular flexibility index (Phi) is 6.82. The topological polar surface area (TPSA) is 52.1 Å². The Morgan fingerprint density at radius 1 is 1.12 bits per heavy atom. The van der Waals surface area contributed by atoms with Crippen LogP contribution >= 0.6 is 0 Å². The number of carbonyl (C=O) groups excluding carboxylic acids is 1. The number of aromatic nitrogens is 2. The van der Waals surface area contributed by atoms with E-state index in [0.29, 0.717) is 6.20 Å². The summed E-state index contributed by atoms with van der Waals surface area (Å²) >= 11 is 0. The van der Waals surface area contributed by atoms with Crippen LogP contribution in [0.5, 0.6) is 0 Å². The molecule has 0 atom stereocenters. The van der Waals surface area contributed by atoms with Gasteiger partial charge in [-0.2, -0.15) is 13.2 Å². The van der Waals surface area contributed by atoms with E-state index in [9.17, 15) is 22.4 Å². The third kappa shape index (κ3) is 5.00. The largest absolute Gasteiger partial charge is 0.462 e. The van der Waals surface area contributed by atoms with Crippen LogP contribution in [0.15, 0.2) is 30.6 Å². The number of rotatable bonds is 3. The van der Waals surface area contributed by atoms with Gasteiger partial charge in [0.2, 0.25) is 0 Å². The van der Waals surface area contributed by atoms with Crippen LogP contribution in [0.2, 0.25) is 0 Å². The lowest BCUT2D eigenvalue weighted by Crippen LogP contribution is -2.08. The quantitative estimate of drug-likeness (QED) is 0.607. The van der Waals surface area contributed by atoms with Gasteiger partial charge in [0.05, 0.1) is 30.3 Å². The molecule has 0 N–H and O–H groups in total. The lowest BCUT2D eigenvalue weighted by atomic mass is 10.1. The number of hydrogen-bond donors (Lipinski definition) is 0. The Bertz CT molecular complexity index is 685. The number of benzene rings is 1. The van der Waals surface area contributed by atoms with E-state index in [0.717, 1.165) is 18.3 Å². The van der Waals surface area contributed by atoms with Crippen molar-refractivity contribution in [1.29, 1.82) is 0 Å². The predicted molar refractivity (Wildman–Crippen MR) is 79.7 cm³/mol. The molecule has 0 fully saturated rings. The van der Waals surface area contributed by atoms with Gasteiger partial charge in [-0.1, -0.05) is 13.8 Å². The molecular weight excluding hydrogens is 328 g/mol. The predicted octanol–water partition coefficient (Wildman–Crippen LogP) is 4.50. The van der Waals surface area contributed by atoms with Gasteiger partial charge < -0.3 is 4.74 Å². The molecule has 2 rings (SSSR count). The summed E-state index contributed by atoms with van der Waals surface area (Å²) in [5.41, 5.74) is -1.07. The highest BCUT2D eigenvalue weighted by Crippen LogP contribution is 2.28. The van der Waals surface area contributed by atoms with Crippen molar-refractivity contribution < 1.29 is 27.1 Å². The molecule has 0 amide bonds. The fraction of sp³-hybridized carbons (Fsp3) is 0.312. The Morgan fingerprint density at radius 2 is 1.79 bits per heavy atom. The van der Waals surface area contributed by atoms with Crippen LogP contribution in [-0.2, 0) is 10.9 Å². The maximum absolute atomic E-state index is 13.5. The summed E-state index contributed by atoms with van der Waals surface area (Å²) in [7, 11) is 0. The lowest BCUT2D eigenvalue weighted by Gasteiger charge is -2.07. The van der Waals surface area contributed by atoms with E-state index in [-0.39, 0.29) is 23.4 Å². The minimum Gasteiger partial charge on any atom is -0.462 e. The van der Waals surface area contributed by atoms with E-state index in [2.05, 4.69) is 9.97 Å². The maximum Gasteiger partial charge on any atom is 0.434 e. The zero-order chi connectivity index (χ0) is 18.3. The van der Waals surface area contributed by atoms with Gasteiger partial charge in [-0.05, 0) is 25.1 Å². The van der Waals surface area contributed by atoms with Crippen LogP contribution in [0, 0.1) is 5.82 Å². The van der Waals surface area contributed by atoms with Crippen LogP contribution in [0.1, 0.15) is 36.8 Å². The molecule has 0 saturated heterocycles. The second kappa shape index (κ2) is 8.37. The van der Waals surface area contributed by atoms with Crippen LogP contribution < -0.4 is 0 Å². The second-order valence-corrected chi connectivity index (χ2v) is 4.23.